The molecule has 0 bridgehead atoms. The molecule has 3 N–H and O–H groups in total. The minimum Gasteiger partial charge on any atom is -0.480 e. The molecule has 1 saturated heterocycles. The molecule has 1 fully saturated rings. The summed E-state index contributed by atoms with van der Waals surface area (Å²) in [6, 6.07) is 5.62. The maximum absolute atomic E-state index is 13.3. The van der Waals surface area contributed by atoms with Crippen molar-refractivity contribution in [3.63, 3.8) is 0 Å². The van der Waals surface area contributed by atoms with E-state index in [1.165, 1.54) is 12.1 Å². The molecule has 8 heteroatoms. The second kappa shape index (κ2) is 7.32. The van der Waals surface area contributed by atoms with E-state index in [-0.39, 0.29) is 5.82 Å². The van der Waals surface area contributed by atoms with E-state index >= 15 is 0 Å². The van der Waals surface area contributed by atoms with Crippen LogP contribution in [0.5, 0.6) is 0 Å². The molecule has 27 heavy (non-hydrogen) atoms. The number of aromatic amines is 1. The zero-order valence-corrected chi connectivity index (χ0v) is 14.7. The van der Waals surface area contributed by atoms with Gasteiger partial charge in [-0.15, -0.1) is 0 Å². The number of H-pyrrole nitrogens is 1. The summed E-state index contributed by atoms with van der Waals surface area (Å²) in [7, 11) is 0. The molecular weight excluding hydrogens is 349 g/mol. The average Bonchev–Trinajstić information content (AvgIpc) is 3.14. The van der Waals surface area contributed by atoms with Gasteiger partial charge in [0.1, 0.15) is 11.9 Å². The molecule has 1 aromatic carbocycles. The standard InChI is InChI=1S/C19H20FN5O2/c20-14-3-1-13(2-4-14)17-16(12-5-7-21-8-6-12)18(24-23-17)25-10-9-22-15(11-25)19(26)27/h1-5,7,15,22H,6,8-11H2,(H,23,24)(H,26,27). The van der Waals surface area contributed by atoms with Gasteiger partial charge in [0.15, 0.2) is 5.82 Å². The average molecular weight is 369 g/mol. The predicted octanol–water partition coefficient (Wildman–Crippen LogP) is 1.94. The number of anilines is 1. The van der Waals surface area contributed by atoms with Crippen molar-refractivity contribution in [1.82, 2.24) is 15.5 Å². The first-order chi connectivity index (χ1) is 13.1. The number of halogens is 1. The van der Waals surface area contributed by atoms with Crippen LogP contribution in [0.15, 0.2) is 35.3 Å². The molecule has 2 aromatic rings. The number of benzene rings is 1. The molecule has 1 unspecified atom stereocenters. The van der Waals surface area contributed by atoms with Crippen LogP contribution in [0.1, 0.15) is 12.0 Å². The maximum atomic E-state index is 13.3. The van der Waals surface area contributed by atoms with Crippen molar-refractivity contribution in [1.29, 1.82) is 0 Å². The monoisotopic (exact) mass is 369 g/mol. The van der Waals surface area contributed by atoms with Crippen LogP contribution >= 0.6 is 0 Å². The Balaban J connectivity index is 1.77. The van der Waals surface area contributed by atoms with Gasteiger partial charge >= 0.3 is 5.97 Å². The number of carboxylic acids is 1. The lowest BCUT2D eigenvalue weighted by Gasteiger charge is -2.32. The molecule has 3 heterocycles. The van der Waals surface area contributed by atoms with Gasteiger partial charge < -0.3 is 15.3 Å². The molecule has 0 aliphatic carbocycles. The Morgan fingerprint density at radius 2 is 2.11 bits per heavy atom. The molecule has 0 amide bonds. The molecule has 4 rings (SSSR count). The minimum absolute atomic E-state index is 0.296. The van der Waals surface area contributed by atoms with Gasteiger partial charge in [0.05, 0.1) is 5.69 Å². The van der Waals surface area contributed by atoms with E-state index in [9.17, 15) is 14.3 Å². The van der Waals surface area contributed by atoms with E-state index < -0.39 is 12.0 Å². The largest absolute Gasteiger partial charge is 0.480 e. The molecule has 1 atom stereocenters. The number of nitrogens with zero attached hydrogens (tertiary/aromatic N) is 3. The van der Waals surface area contributed by atoms with Crippen LogP contribution in [0.25, 0.3) is 16.8 Å². The quantitative estimate of drug-likeness (QED) is 0.766. The van der Waals surface area contributed by atoms with Gasteiger partial charge in [-0.1, -0.05) is 0 Å². The third-order valence-electron chi connectivity index (χ3n) is 4.87. The Labute approximate surface area is 155 Å². The van der Waals surface area contributed by atoms with Crippen LogP contribution in [0.2, 0.25) is 0 Å². The number of aliphatic imine (C=N–C) groups is 1. The van der Waals surface area contributed by atoms with Crippen LogP contribution in [0, 0.1) is 5.82 Å². The lowest BCUT2D eigenvalue weighted by molar-refractivity contribution is -0.139. The lowest BCUT2D eigenvalue weighted by atomic mass is 9.96. The Morgan fingerprint density at radius 3 is 2.81 bits per heavy atom. The first-order valence-electron chi connectivity index (χ1n) is 8.88. The molecule has 2 aliphatic heterocycles. The normalized spacial score (nSPS) is 19.8. The van der Waals surface area contributed by atoms with Gasteiger partial charge in [-0.3, -0.25) is 14.9 Å². The highest BCUT2D eigenvalue weighted by Crippen LogP contribution is 2.37. The van der Waals surface area contributed by atoms with Crippen LogP contribution < -0.4 is 10.2 Å². The highest BCUT2D eigenvalue weighted by molar-refractivity contribution is 5.94. The minimum atomic E-state index is -0.875. The van der Waals surface area contributed by atoms with Gasteiger partial charge in [-0.2, -0.15) is 5.10 Å². The number of aromatic nitrogens is 2. The van der Waals surface area contributed by atoms with Crippen LogP contribution in [-0.4, -0.2) is 59.7 Å². The van der Waals surface area contributed by atoms with Gasteiger partial charge in [-0.05, 0) is 42.3 Å². The maximum Gasteiger partial charge on any atom is 0.322 e. The third-order valence-corrected chi connectivity index (χ3v) is 4.87. The second-order valence-electron chi connectivity index (χ2n) is 6.59. The van der Waals surface area contributed by atoms with Crippen LogP contribution in [0.4, 0.5) is 10.2 Å². The Kier molecular flexibility index (Phi) is 4.72. The Bertz CT molecular complexity index is 903. The number of rotatable bonds is 4. The smallest absolute Gasteiger partial charge is 0.322 e. The van der Waals surface area contributed by atoms with Crippen molar-refractivity contribution in [3.8, 4) is 11.3 Å². The first kappa shape index (κ1) is 17.4. The Hall–Kier alpha value is -3.00. The lowest BCUT2D eigenvalue weighted by Crippen LogP contribution is -2.54. The fraction of sp³-hybridized carbons (Fsp3) is 0.316. The number of hydrogen-bond donors (Lipinski definition) is 3. The van der Waals surface area contributed by atoms with Gasteiger partial charge in [-0.25, -0.2) is 4.39 Å². The molecule has 140 valence electrons. The van der Waals surface area contributed by atoms with E-state index in [1.54, 1.807) is 18.3 Å². The summed E-state index contributed by atoms with van der Waals surface area (Å²) in [4.78, 5) is 17.6. The number of carboxylic acid groups (broad SMARTS) is 1. The fourth-order valence-electron chi connectivity index (χ4n) is 3.49. The van der Waals surface area contributed by atoms with E-state index in [4.69, 9.17) is 0 Å². The number of nitrogens with one attached hydrogen (secondary N) is 2. The summed E-state index contributed by atoms with van der Waals surface area (Å²) in [5, 5.41) is 19.9. The first-order valence-corrected chi connectivity index (χ1v) is 8.88. The Morgan fingerprint density at radius 1 is 1.30 bits per heavy atom. The SMILES string of the molecule is O=C(O)C1CN(c2n[nH]c(-c3ccc(F)cc3)c2C2=CC=NCC2)CCN1. The molecule has 0 saturated carbocycles. The summed E-state index contributed by atoms with van der Waals surface area (Å²) in [6.45, 7) is 2.25. The van der Waals surface area contributed by atoms with Gasteiger partial charge in [0, 0.05) is 43.5 Å². The molecule has 7 nitrogen and oxygen atoms in total. The summed E-state index contributed by atoms with van der Waals surface area (Å²) in [5.41, 5.74) is 3.65. The number of carbonyl (C=O) groups is 1. The summed E-state index contributed by atoms with van der Waals surface area (Å²) < 4.78 is 13.3. The number of piperazine rings is 1. The van der Waals surface area contributed by atoms with E-state index in [2.05, 4.69) is 20.5 Å². The zero-order valence-electron chi connectivity index (χ0n) is 14.7. The van der Waals surface area contributed by atoms with E-state index in [0.717, 1.165) is 34.6 Å². The summed E-state index contributed by atoms with van der Waals surface area (Å²) in [5.74, 6) is -0.446. The van der Waals surface area contributed by atoms with Crippen molar-refractivity contribution in [2.75, 3.05) is 31.1 Å². The highest BCUT2D eigenvalue weighted by Gasteiger charge is 2.29. The van der Waals surface area contributed by atoms with Gasteiger partial charge in [0.25, 0.3) is 0 Å². The van der Waals surface area contributed by atoms with Gasteiger partial charge in [0.2, 0.25) is 0 Å². The molecular formula is C19H20FN5O2. The van der Waals surface area contributed by atoms with Crippen molar-refractivity contribution in [2.24, 2.45) is 4.99 Å². The highest BCUT2D eigenvalue weighted by atomic mass is 19.1. The fourth-order valence-corrected chi connectivity index (χ4v) is 3.49. The molecule has 1 aromatic heterocycles. The van der Waals surface area contributed by atoms with Crippen molar-refractivity contribution in [3.05, 3.63) is 41.7 Å². The van der Waals surface area contributed by atoms with Crippen LogP contribution in [0.3, 0.4) is 0 Å². The summed E-state index contributed by atoms with van der Waals surface area (Å²) >= 11 is 0. The molecule has 2 aliphatic rings. The summed E-state index contributed by atoms with van der Waals surface area (Å²) in [6.07, 6.45) is 4.51. The predicted molar refractivity (Wildman–Crippen MR) is 102 cm³/mol. The third kappa shape index (κ3) is 3.48. The second-order valence-corrected chi connectivity index (χ2v) is 6.59. The van der Waals surface area contributed by atoms with E-state index in [1.807, 2.05) is 11.0 Å². The molecule has 0 radical (unpaired) electrons. The zero-order chi connectivity index (χ0) is 18.8. The molecule has 0 spiro atoms. The van der Waals surface area contributed by atoms with Crippen LogP contribution in [-0.2, 0) is 4.79 Å². The number of aliphatic carboxylic acids is 1. The number of allylic oxidation sites excluding steroid dienone is 1. The number of hydrogen-bond acceptors (Lipinski definition) is 5. The van der Waals surface area contributed by atoms with E-state index in [0.29, 0.717) is 26.2 Å². The van der Waals surface area contributed by atoms with Crippen molar-refractivity contribution < 1.29 is 14.3 Å². The van der Waals surface area contributed by atoms with Crippen molar-refractivity contribution >= 4 is 23.6 Å². The topological polar surface area (TPSA) is 93.6 Å². The number of dihydropyridines is 1. The van der Waals surface area contributed by atoms with Crippen molar-refractivity contribution in [2.45, 2.75) is 12.5 Å².